The van der Waals surface area contributed by atoms with Crippen LogP contribution in [0.2, 0.25) is 0 Å². The largest absolute Gasteiger partial charge is 0.316 e. The fourth-order valence-electron chi connectivity index (χ4n) is 1.26. The predicted molar refractivity (Wildman–Crippen MR) is 70.9 cm³/mol. The van der Waals surface area contributed by atoms with Crippen molar-refractivity contribution >= 4 is 15.6 Å². The molecular weight excluding hydrogens is 238 g/mol. The number of rotatable bonds is 7. The summed E-state index contributed by atoms with van der Waals surface area (Å²) in [6.07, 6.45) is 0.117. The Kier molecular flexibility index (Phi) is 6.34. The third-order valence-electron chi connectivity index (χ3n) is 2.80. The summed E-state index contributed by atoms with van der Waals surface area (Å²) in [6.45, 7) is 10.2. The Balaban J connectivity index is 4.26. The summed E-state index contributed by atoms with van der Waals surface area (Å²) >= 11 is 0. The van der Waals surface area contributed by atoms with Gasteiger partial charge in [-0.2, -0.15) is 0 Å². The first-order chi connectivity index (χ1) is 7.62. The van der Waals surface area contributed by atoms with E-state index in [1.807, 2.05) is 13.8 Å². The van der Waals surface area contributed by atoms with E-state index in [0.29, 0.717) is 6.54 Å². The number of Topliss-reactive ketones (excluding diaryl/α,β-unsaturated/α-hetero) is 1. The van der Waals surface area contributed by atoms with Gasteiger partial charge in [0.05, 0.1) is 10.5 Å². The smallest absolute Gasteiger partial charge is 0.155 e. The van der Waals surface area contributed by atoms with Gasteiger partial charge in [-0.3, -0.25) is 4.79 Å². The molecule has 0 rings (SSSR count). The van der Waals surface area contributed by atoms with Gasteiger partial charge in [-0.15, -0.1) is 0 Å². The highest BCUT2D eigenvalue weighted by atomic mass is 32.2. The Hall–Kier alpha value is -0.420. The lowest BCUT2D eigenvalue weighted by Crippen LogP contribution is -2.33. The highest BCUT2D eigenvalue weighted by Crippen LogP contribution is 2.17. The van der Waals surface area contributed by atoms with Crippen LogP contribution in [0.4, 0.5) is 0 Å². The van der Waals surface area contributed by atoms with Gasteiger partial charge in [-0.1, -0.05) is 13.8 Å². The molecule has 0 heterocycles. The van der Waals surface area contributed by atoms with Crippen LogP contribution in [-0.2, 0) is 14.6 Å². The molecule has 0 saturated carbocycles. The second kappa shape index (κ2) is 6.50. The van der Waals surface area contributed by atoms with Crippen molar-refractivity contribution in [1.29, 1.82) is 0 Å². The lowest BCUT2D eigenvalue weighted by atomic mass is 10.1. The highest BCUT2D eigenvalue weighted by Gasteiger charge is 2.29. The number of ketones is 1. The minimum absolute atomic E-state index is 0.0128. The topological polar surface area (TPSA) is 63.2 Å². The van der Waals surface area contributed by atoms with Crippen molar-refractivity contribution in [1.82, 2.24) is 5.32 Å². The van der Waals surface area contributed by atoms with Crippen LogP contribution in [0.3, 0.4) is 0 Å². The molecule has 0 aliphatic heterocycles. The molecule has 0 amide bonds. The van der Waals surface area contributed by atoms with E-state index >= 15 is 0 Å². The van der Waals surface area contributed by atoms with Gasteiger partial charge in [0.2, 0.25) is 0 Å². The quantitative estimate of drug-likeness (QED) is 0.754. The van der Waals surface area contributed by atoms with Crippen LogP contribution in [0.25, 0.3) is 0 Å². The molecule has 4 nitrogen and oxygen atoms in total. The van der Waals surface area contributed by atoms with Crippen LogP contribution < -0.4 is 5.32 Å². The van der Waals surface area contributed by atoms with Crippen molar-refractivity contribution in [3.8, 4) is 0 Å². The summed E-state index contributed by atoms with van der Waals surface area (Å²) in [4.78, 5) is 11.7. The normalized spacial score (nSPS) is 14.6. The molecule has 0 aromatic carbocycles. The third kappa shape index (κ3) is 5.64. The summed E-state index contributed by atoms with van der Waals surface area (Å²) in [5.74, 6) is -0.157. The highest BCUT2D eigenvalue weighted by molar-refractivity contribution is 7.92. The molecule has 1 atom stereocenters. The van der Waals surface area contributed by atoms with Gasteiger partial charge in [-0.25, -0.2) is 8.42 Å². The van der Waals surface area contributed by atoms with Crippen LogP contribution >= 0.6 is 0 Å². The molecule has 0 aliphatic carbocycles. The van der Waals surface area contributed by atoms with Crippen molar-refractivity contribution in [3.63, 3.8) is 0 Å². The number of nitrogens with one attached hydrogen (secondary N) is 1. The summed E-state index contributed by atoms with van der Waals surface area (Å²) < 4.78 is 22.9. The minimum Gasteiger partial charge on any atom is -0.316 e. The molecule has 0 spiro atoms. The van der Waals surface area contributed by atoms with Crippen LogP contribution in [0.15, 0.2) is 0 Å². The first kappa shape index (κ1) is 16.6. The molecule has 0 fully saturated rings. The number of carbonyl (C=O) groups excluding carboxylic acids is 1. The number of carbonyl (C=O) groups is 1. The molecule has 0 aromatic rings. The lowest BCUT2D eigenvalue weighted by Gasteiger charge is -2.19. The molecule has 0 saturated heterocycles. The maximum absolute atomic E-state index is 11.8. The molecule has 0 bridgehead atoms. The Morgan fingerprint density at radius 3 is 2.24 bits per heavy atom. The first-order valence-electron chi connectivity index (χ1n) is 6.07. The van der Waals surface area contributed by atoms with E-state index in [1.165, 1.54) is 0 Å². The molecule has 0 aliphatic rings. The van der Waals surface area contributed by atoms with Gasteiger partial charge in [-0.05, 0) is 27.3 Å². The molecule has 1 unspecified atom stereocenters. The SMILES string of the molecule is CCNCC(C)C(=O)CCS(=O)(=O)C(C)(C)C. The lowest BCUT2D eigenvalue weighted by molar-refractivity contribution is -0.121. The summed E-state index contributed by atoms with van der Waals surface area (Å²) in [7, 11) is -3.19. The predicted octanol–water partition coefficient (Wildman–Crippen LogP) is 1.40. The molecule has 1 N–H and O–H groups in total. The first-order valence-corrected chi connectivity index (χ1v) is 7.72. The maximum atomic E-state index is 11.8. The fraction of sp³-hybridized carbons (Fsp3) is 0.917. The molecule has 102 valence electrons. The van der Waals surface area contributed by atoms with E-state index < -0.39 is 14.6 Å². The van der Waals surface area contributed by atoms with E-state index in [9.17, 15) is 13.2 Å². The van der Waals surface area contributed by atoms with Crippen LogP contribution in [0.1, 0.15) is 41.0 Å². The zero-order valence-corrected chi connectivity index (χ0v) is 12.4. The van der Waals surface area contributed by atoms with Crippen LogP contribution in [-0.4, -0.2) is 37.8 Å². The van der Waals surface area contributed by atoms with E-state index in [1.54, 1.807) is 20.8 Å². The van der Waals surface area contributed by atoms with Crippen molar-refractivity contribution in [3.05, 3.63) is 0 Å². The van der Waals surface area contributed by atoms with Gasteiger partial charge < -0.3 is 5.32 Å². The maximum Gasteiger partial charge on any atom is 0.155 e. The second-order valence-electron chi connectivity index (χ2n) is 5.36. The summed E-state index contributed by atoms with van der Waals surface area (Å²) in [6, 6.07) is 0. The Bertz CT molecular complexity index is 341. The fourth-order valence-corrected chi connectivity index (χ4v) is 2.34. The van der Waals surface area contributed by atoms with E-state index in [-0.39, 0.29) is 23.9 Å². The monoisotopic (exact) mass is 263 g/mol. The van der Waals surface area contributed by atoms with E-state index in [2.05, 4.69) is 5.32 Å². The average Bonchev–Trinajstić information content (AvgIpc) is 2.20. The van der Waals surface area contributed by atoms with Gasteiger partial charge in [0.1, 0.15) is 5.78 Å². The molecule has 0 radical (unpaired) electrons. The van der Waals surface area contributed by atoms with Crippen LogP contribution in [0, 0.1) is 5.92 Å². The van der Waals surface area contributed by atoms with Crippen molar-refractivity contribution in [2.45, 2.75) is 45.8 Å². The third-order valence-corrected chi connectivity index (χ3v) is 5.41. The molecule has 5 heteroatoms. The molecule has 17 heavy (non-hydrogen) atoms. The number of sulfone groups is 1. The standard InChI is InChI=1S/C12H25NO3S/c1-6-13-9-10(2)11(14)7-8-17(15,16)12(3,4)5/h10,13H,6-9H2,1-5H3. The van der Waals surface area contributed by atoms with Crippen molar-refractivity contribution in [2.24, 2.45) is 5.92 Å². The van der Waals surface area contributed by atoms with Crippen molar-refractivity contribution in [2.75, 3.05) is 18.8 Å². The van der Waals surface area contributed by atoms with Crippen molar-refractivity contribution < 1.29 is 13.2 Å². The average molecular weight is 263 g/mol. The Morgan fingerprint density at radius 2 is 1.82 bits per heavy atom. The van der Waals surface area contributed by atoms with Gasteiger partial charge in [0.15, 0.2) is 9.84 Å². The van der Waals surface area contributed by atoms with Crippen LogP contribution in [0.5, 0.6) is 0 Å². The Morgan fingerprint density at radius 1 is 1.29 bits per heavy atom. The van der Waals surface area contributed by atoms with Gasteiger partial charge in [0.25, 0.3) is 0 Å². The summed E-state index contributed by atoms with van der Waals surface area (Å²) in [5.41, 5.74) is 0. The second-order valence-corrected chi connectivity index (χ2v) is 8.22. The zero-order valence-electron chi connectivity index (χ0n) is 11.5. The molecular formula is C12H25NO3S. The van der Waals surface area contributed by atoms with E-state index in [4.69, 9.17) is 0 Å². The number of hydrogen-bond donors (Lipinski definition) is 1. The minimum atomic E-state index is -3.19. The van der Waals surface area contributed by atoms with Gasteiger partial charge in [0, 0.05) is 18.9 Å². The molecule has 0 aromatic heterocycles. The van der Waals surface area contributed by atoms with Gasteiger partial charge >= 0.3 is 0 Å². The number of hydrogen-bond acceptors (Lipinski definition) is 4. The Labute approximate surface area is 105 Å². The summed E-state index contributed by atoms with van der Waals surface area (Å²) in [5, 5.41) is 3.09. The van der Waals surface area contributed by atoms with E-state index in [0.717, 1.165) is 6.54 Å². The zero-order chi connectivity index (χ0) is 13.7.